The Morgan fingerprint density at radius 1 is 1.33 bits per heavy atom. The molecule has 3 rings (SSSR count). The molecule has 1 saturated carbocycles. The molecule has 1 aliphatic heterocycles. The molecule has 6 nitrogen and oxygen atoms in total. The number of ether oxygens (including phenoxy) is 1. The standard InChI is InChI=1S/C16H20ClN3O3.ClH/c1-9-14(18-6-7-23-9)16(22)20-11-4-5-13(17)12(8-11)15(21)19-10-2-3-10;/h4-5,8-10,14,18H,2-3,6-7H2,1H3,(H,19,21)(H,20,22);1H/t9-,14+;/m1./s1. The van der Waals surface area contributed by atoms with Crippen molar-refractivity contribution in [3.8, 4) is 0 Å². The van der Waals surface area contributed by atoms with Crippen LogP contribution in [0.5, 0.6) is 0 Å². The first-order valence-corrected chi connectivity index (χ1v) is 8.18. The van der Waals surface area contributed by atoms with Crippen LogP contribution in [0.1, 0.15) is 30.1 Å². The molecule has 132 valence electrons. The molecular weight excluding hydrogens is 353 g/mol. The Labute approximate surface area is 152 Å². The summed E-state index contributed by atoms with van der Waals surface area (Å²) < 4.78 is 5.47. The first-order valence-electron chi connectivity index (χ1n) is 7.81. The molecule has 1 heterocycles. The Bertz CT molecular complexity index is 623. The van der Waals surface area contributed by atoms with Crippen molar-refractivity contribution >= 4 is 41.5 Å². The fourth-order valence-corrected chi connectivity index (χ4v) is 2.72. The number of nitrogens with one attached hydrogen (secondary N) is 3. The van der Waals surface area contributed by atoms with E-state index in [2.05, 4.69) is 16.0 Å². The van der Waals surface area contributed by atoms with Crippen LogP contribution in [0.3, 0.4) is 0 Å². The van der Waals surface area contributed by atoms with Crippen LogP contribution in [-0.4, -0.2) is 43.2 Å². The third kappa shape index (κ3) is 4.60. The second kappa shape index (κ2) is 8.16. The Morgan fingerprint density at radius 2 is 2.08 bits per heavy atom. The van der Waals surface area contributed by atoms with E-state index in [-0.39, 0.29) is 36.4 Å². The van der Waals surface area contributed by atoms with E-state index in [1.54, 1.807) is 18.2 Å². The lowest BCUT2D eigenvalue weighted by Crippen LogP contribution is -2.53. The third-order valence-corrected chi connectivity index (χ3v) is 4.32. The van der Waals surface area contributed by atoms with E-state index in [0.29, 0.717) is 29.4 Å². The predicted octanol–water partition coefficient (Wildman–Crippen LogP) is 1.97. The molecule has 0 aromatic heterocycles. The van der Waals surface area contributed by atoms with Crippen LogP contribution in [0.2, 0.25) is 5.02 Å². The molecule has 24 heavy (non-hydrogen) atoms. The molecule has 1 aromatic rings. The summed E-state index contributed by atoms with van der Waals surface area (Å²) in [7, 11) is 0. The molecule has 2 amide bonds. The van der Waals surface area contributed by atoms with Crippen LogP contribution in [0.4, 0.5) is 5.69 Å². The second-order valence-corrected chi connectivity index (χ2v) is 6.35. The monoisotopic (exact) mass is 373 g/mol. The average Bonchev–Trinajstić information content (AvgIpc) is 3.33. The van der Waals surface area contributed by atoms with Gasteiger partial charge in [-0.2, -0.15) is 0 Å². The summed E-state index contributed by atoms with van der Waals surface area (Å²) in [6, 6.07) is 4.74. The maximum absolute atomic E-state index is 12.3. The number of benzene rings is 1. The van der Waals surface area contributed by atoms with Gasteiger partial charge in [0, 0.05) is 18.3 Å². The van der Waals surface area contributed by atoms with Crippen molar-refractivity contribution in [3.63, 3.8) is 0 Å². The van der Waals surface area contributed by atoms with Gasteiger partial charge >= 0.3 is 0 Å². The zero-order valence-electron chi connectivity index (χ0n) is 13.3. The third-order valence-electron chi connectivity index (χ3n) is 3.99. The van der Waals surface area contributed by atoms with E-state index in [9.17, 15) is 9.59 Å². The number of anilines is 1. The van der Waals surface area contributed by atoms with Crippen molar-refractivity contribution in [1.29, 1.82) is 0 Å². The van der Waals surface area contributed by atoms with Crippen LogP contribution >= 0.6 is 24.0 Å². The number of hydrogen-bond donors (Lipinski definition) is 3. The molecule has 0 radical (unpaired) electrons. The van der Waals surface area contributed by atoms with Crippen LogP contribution in [0.25, 0.3) is 0 Å². The van der Waals surface area contributed by atoms with Crippen molar-refractivity contribution in [2.75, 3.05) is 18.5 Å². The molecule has 1 saturated heterocycles. The molecule has 2 fully saturated rings. The van der Waals surface area contributed by atoms with E-state index >= 15 is 0 Å². The number of rotatable bonds is 4. The number of hydrogen-bond acceptors (Lipinski definition) is 4. The maximum atomic E-state index is 12.3. The van der Waals surface area contributed by atoms with E-state index in [1.165, 1.54) is 0 Å². The van der Waals surface area contributed by atoms with E-state index in [1.807, 2.05) is 6.92 Å². The summed E-state index contributed by atoms with van der Waals surface area (Å²) in [6.45, 7) is 3.09. The lowest BCUT2D eigenvalue weighted by molar-refractivity contribution is -0.123. The zero-order chi connectivity index (χ0) is 16.4. The van der Waals surface area contributed by atoms with Crippen molar-refractivity contribution in [2.45, 2.75) is 38.0 Å². The van der Waals surface area contributed by atoms with Crippen molar-refractivity contribution < 1.29 is 14.3 Å². The van der Waals surface area contributed by atoms with Gasteiger partial charge in [-0.05, 0) is 38.0 Å². The zero-order valence-corrected chi connectivity index (χ0v) is 14.9. The molecule has 0 bridgehead atoms. The highest BCUT2D eigenvalue weighted by Crippen LogP contribution is 2.24. The van der Waals surface area contributed by atoms with Gasteiger partial charge in [-0.3, -0.25) is 9.59 Å². The topological polar surface area (TPSA) is 79.5 Å². The highest BCUT2D eigenvalue weighted by molar-refractivity contribution is 6.34. The average molecular weight is 374 g/mol. The molecular formula is C16H21Cl2N3O3. The smallest absolute Gasteiger partial charge is 0.253 e. The van der Waals surface area contributed by atoms with Crippen molar-refractivity contribution in [1.82, 2.24) is 10.6 Å². The summed E-state index contributed by atoms with van der Waals surface area (Å²) in [5.41, 5.74) is 0.914. The van der Waals surface area contributed by atoms with Gasteiger partial charge in [-0.25, -0.2) is 0 Å². The first kappa shape index (κ1) is 19.0. The van der Waals surface area contributed by atoms with Gasteiger partial charge in [0.15, 0.2) is 0 Å². The number of carbonyl (C=O) groups is 2. The van der Waals surface area contributed by atoms with Gasteiger partial charge in [0.05, 0.1) is 23.3 Å². The Hall–Kier alpha value is -1.34. The predicted molar refractivity (Wildman–Crippen MR) is 95.0 cm³/mol. The van der Waals surface area contributed by atoms with Crippen molar-refractivity contribution in [2.24, 2.45) is 0 Å². The van der Waals surface area contributed by atoms with Gasteiger partial charge in [0.2, 0.25) is 5.91 Å². The first-order chi connectivity index (χ1) is 11.0. The summed E-state index contributed by atoms with van der Waals surface area (Å²) in [4.78, 5) is 24.5. The van der Waals surface area contributed by atoms with Gasteiger partial charge < -0.3 is 20.7 Å². The minimum atomic E-state index is -0.414. The molecule has 0 spiro atoms. The normalized spacial score (nSPS) is 23.1. The summed E-state index contributed by atoms with van der Waals surface area (Å²) in [5, 5.41) is 9.21. The quantitative estimate of drug-likeness (QED) is 0.753. The SMILES string of the molecule is C[C@H]1OCCN[C@@H]1C(=O)Nc1ccc(Cl)c(C(=O)NC2CC2)c1.Cl. The Balaban J connectivity index is 0.00000208. The molecule has 1 aliphatic carbocycles. The van der Waals surface area contributed by atoms with Crippen LogP contribution in [-0.2, 0) is 9.53 Å². The molecule has 0 unspecified atom stereocenters. The fourth-order valence-electron chi connectivity index (χ4n) is 2.52. The molecule has 2 aliphatic rings. The van der Waals surface area contributed by atoms with Crippen molar-refractivity contribution in [3.05, 3.63) is 28.8 Å². The van der Waals surface area contributed by atoms with E-state index in [0.717, 1.165) is 12.8 Å². The van der Waals surface area contributed by atoms with Gasteiger partial charge in [0.25, 0.3) is 5.91 Å². The minimum absolute atomic E-state index is 0. The largest absolute Gasteiger partial charge is 0.375 e. The van der Waals surface area contributed by atoms with Gasteiger partial charge in [0.1, 0.15) is 6.04 Å². The molecule has 8 heteroatoms. The molecule has 1 aromatic carbocycles. The second-order valence-electron chi connectivity index (χ2n) is 5.94. The van der Waals surface area contributed by atoms with Gasteiger partial charge in [-0.1, -0.05) is 11.6 Å². The highest BCUT2D eigenvalue weighted by atomic mass is 35.5. The summed E-state index contributed by atoms with van der Waals surface area (Å²) >= 11 is 6.10. The van der Waals surface area contributed by atoms with E-state index in [4.69, 9.17) is 16.3 Å². The number of amides is 2. The van der Waals surface area contributed by atoms with E-state index < -0.39 is 6.04 Å². The van der Waals surface area contributed by atoms with Gasteiger partial charge in [-0.15, -0.1) is 12.4 Å². The number of carbonyl (C=O) groups excluding carboxylic acids is 2. The van der Waals surface area contributed by atoms with Crippen LogP contribution in [0, 0.1) is 0 Å². The molecule has 2 atom stereocenters. The Kier molecular flexibility index (Phi) is 6.46. The summed E-state index contributed by atoms with van der Waals surface area (Å²) in [6.07, 6.45) is 1.81. The fraction of sp³-hybridized carbons (Fsp3) is 0.500. The summed E-state index contributed by atoms with van der Waals surface area (Å²) in [5.74, 6) is -0.394. The maximum Gasteiger partial charge on any atom is 0.253 e. The number of halogens is 2. The lowest BCUT2D eigenvalue weighted by atomic mass is 10.1. The van der Waals surface area contributed by atoms with Crippen LogP contribution in [0.15, 0.2) is 18.2 Å². The minimum Gasteiger partial charge on any atom is -0.375 e. The molecule has 3 N–H and O–H groups in total. The number of morpholine rings is 1. The lowest BCUT2D eigenvalue weighted by Gasteiger charge is -2.29. The van der Waals surface area contributed by atoms with Crippen LogP contribution < -0.4 is 16.0 Å². The Morgan fingerprint density at radius 3 is 2.75 bits per heavy atom. The highest BCUT2D eigenvalue weighted by Gasteiger charge is 2.29.